The van der Waals surface area contributed by atoms with Gasteiger partial charge in [-0.15, -0.1) is 11.8 Å². The zero-order valence-electron chi connectivity index (χ0n) is 18.4. The first-order valence-electron chi connectivity index (χ1n) is 10.2. The maximum atomic E-state index is 13.2. The molecule has 0 aliphatic heterocycles. The molecule has 0 unspecified atom stereocenters. The van der Waals surface area contributed by atoms with Crippen molar-refractivity contribution in [2.45, 2.75) is 12.7 Å². The number of carbonyl (C=O) groups is 3. The van der Waals surface area contributed by atoms with Crippen LogP contribution in [0.2, 0.25) is 0 Å². The van der Waals surface area contributed by atoms with Gasteiger partial charge in [-0.1, -0.05) is 30.3 Å². The van der Waals surface area contributed by atoms with Crippen molar-refractivity contribution in [3.8, 4) is 0 Å². The van der Waals surface area contributed by atoms with Gasteiger partial charge >= 0.3 is 5.97 Å². The number of carboxylic acid groups (broad SMARTS) is 1. The van der Waals surface area contributed by atoms with E-state index in [0.717, 1.165) is 17.3 Å². The van der Waals surface area contributed by atoms with Crippen LogP contribution in [0.15, 0.2) is 71.6 Å². The van der Waals surface area contributed by atoms with E-state index in [9.17, 15) is 28.9 Å². The third-order valence-electron chi connectivity index (χ3n) is 4.75. The number of ketones is 1. The average molecular weight is 495 g/mol. The second kappa shape index (κ2) is 11.2. The minimum atomic E-state index is -1.13. The van der Waals surface area contributed by atoms with Gasteiger partial charge in [0.05, 0.1) is 15.4 Å². The lowest BCUT2D eigenvalue weighted by Crippen LogP contribution is -2.08. The van der Waals surface area contributed by atoms with Crippen LogP contribution in [-0.2, 0) is 10.5 Å². The molecule has 8 nitrogen and oxygen atoms in total. The number of carbonyl (C=O) groups excluding carboxylic acids is 2. The lowest BCUT2D eigenvalue weighted by atomic mass is 10.1. The minimum Gasteiger partial charge on any atom is -0.478 e. The van der Waals surface area contributed by atoms with Crippen LogP contribution in [0.5, 0.6) is 0 Å². The first kappa shape index (κ1) is 25.3. The number of anilines is 1. The number of nitrogens with zero attached hydrogens (tertiary/aromatic N) is 1. The first-order chi connectivity index (χ1) is 16.6. The molecule has 0 fully saturated rings. The first-order valence-corrected chi connectivity index (χ1v) is 11.2. The third-order valence-corrected chi connectivity index (χ3v) is 5.84. The molecule has 178 valence electrons. The highest BCUT2D eigenvalue weighted by molar-refractivity contribution is 8.03. The topological polar surface area (TPSA) is 127 Å². The summed E-state index contributed by atoms with van der Waals surface area (Å²) in [7, 11) is 0. The number of thioether (sulfide) groups is 1. The van der Waals surface area contributed by atoms with E-state index in [1.165, 1.54) is 67.6 Å². The second-order valence-corrected chi connectivity index (χ2v) is 8.37. The summed E-state index contributed by atoms with van der Waals surface area (Å²) in [4.78, 5) is 46.8. The van der Waals surface area contributed by atoms with Crippen molar-refractivity contribution in [1.29, 1.82) is 0 Å². The Morgan fingerprint density at radius 2 is 1.66 bits per heavy atom. The zero-order valence-corrected chi connectivity index (χ0v) is 19.2. The molecule has 0 saturated heterocycles. The van der Waals surface area contributed by atoms with Gasteiger partial charge in [0.2, 0.25) is 5.91 Å². The maximum Gasteiger partial charge on any atom is 0.335 e. The Labute approximate surface area is 203 Å². The Balaban J connectivity index is 1.99. The Morgan fingerprint density at radius 3 is 2.23 bits per heavy atom. The smallest absolute Gasteiger partial charge is 0.335 e. The van der Waals surface area contributed by atoms with Crippen molar-refractivity contribution in [1.82, 2.24) is 0 Å². The highest BCUT2D eigenvalue weighted by Crippen LogP contribution is 2.31. The summed E-state index contributed by atoms with van der Waals surface area (Å²) in [5, 5.41) is 23.0. The van der Waals surface area contributed by atoms with Crippen LogP contribution in [0.3, 0.4) is 0 Å². The van der Waals surface area contributed by atoms with E-state index in [1.807, 2.05) is 0 Å². The molecule has 3 rings (SSSR count). The Hall–Kier alpha value is -4.31. The largest absolute Gasteiger partial charge is 0.478 e. The van der Waals surface area contributed by atoms with Crippen molar-refractivity contribution in [2.24, 2.45) is 0 Å². The number of hydrogen-bond donors (Lipinski definition) is 2. The lowest BCUT2D eigenvalue weighted by Gasteiger charge is -2.09. The molecule has 0 bridgehead atoms. The number of rotatable bonds is 9. The molecule has 0 radical (unpaired) electrons. The Morgan fingerprint density at radius 1 is 1.03 bits per heavy atom. The molecule has 0 atom stereocenters. The number of carboxylic acids is 1. The van der Waals surface area contributed by atoms with E-state index in [0.29, 0.717) is 11.3 Å². The fourth-order valence-electron chi connectivity index (χ4n) is 3.06. The van der Waals surface area contributed by atoms with Crippen LogP contribution in [0.4, 0.5) is 15.8 Å². The molecule has 0 saturated carbocycles. The van der Waals surface area contributed by atoms with Crippen LogP contribution in [0.25, 0.3) is 6.08 Å². The van der Waals surface area contributed by atoms with E-state index in [4.69, 9.17) is 5.11 Å². The number of amides is 1. The van der Waals surface area contributed by atoms with Gasteiger partial charge in [0.15, 0.2) is 5.78 Å². The number of Topliss-reactive ketones (excluding diaryl/α,β-unsaturated/α-hetero) is 1. The molecule has 10 heteroatoms. The standard InChI is InChI=1S/C25H19FN2O6S/c1-15(29)27-21-11-4-17(12-22(21)28(33)34)13-23(35-14-16-2-9-20(26)10-3-16)24(30)18-5-7-19(8-6-18)25(31)32/h2-13H,14H2,1H3,(H,27,29)(H,31,32)/b23-13+. The number of nitrogens with one attached hydrogen (secondary N) is 1. The van der Waals surface area contributed by atoms with E-state index >= 15 is 0 Å². The number of nitro benzene ring substituents is 1. The summed E-state index contributed by atoms with van der Waals surface area (Å²) in [5.74, 6) is -2.08. The molecule has 1 amide bonds. The normalized spacial score (nSPS) is 11.1. The number of benzene rings is 3. The van der Waals surface area contributed by atoms with E-state index < -0.39 is 28.4 Å². The van der Waals surface area contributed by atoms with E-state index in [1.54, 1.807) is 12.1 Å². The molecule has 0 aliphatic rings. The number of hydrogen-bond acceptors (Lipinski definition) is 6. The molecular weight excluding hydrogens is 475 g/mol. The fourth-order valence-corrected chi connectivity index (χ4v) is 4.04. The van der Waals surface area contributed by atoms with Gasteiger partial charge in [-0.05, 0) is 47.5 Å². The van der Waals surface area contributed by atoms with Gasteiger partial charge in [-0.2, -0.15) is 0 Å². The van der Waals surface area contributed by atoms with Crippen molar-refractivity contribution >= 4 is 46.9 Å². The fraction of sp³-hybridized carbons (Fsp3) is 0.0800. The molecule has 3 aromatic carbocycles. The van der Waals surface area contributed by atoms with E-state index in [2.05, 4.69) is 5.32 Å². The summed E-state index contributed by atoms with van der Waals surface area (Å²) < 4.78 is 13.2. The lowest BCUT2D eigenvalue weighted by molar-refractivity contribution is -0.383. The number of nitro groups is 1. The van der Waals surface area contributed by atoms with Gasteiger partial charge in [0.25, 0.3) is 5.69 Å². The van der Waals surface area contributed by atoms with Crippen LogP contribution >= 0.6 is 11.8 Å². The van der Waals surface area contributed by atoms with Crippen LogP contribution in [0, 0.1) is 15.9 Å². The van der Waals surface area contributed by atoms with Crippen molar-refractivity contribution in [3.63, 3.8) is 0 Å². The number of aromatic carboxylic acids is 1. The SMILES string of the molecule is CC(=O)Nc1ccc(/C=C(/SCc2ccc(F)cc2)C(=O)c2ccc(C(=O)O)cc2)cc1[N+](=O)[O-]. The molecule has 0 aromatic heterocycles. The van der Waals surface area contributed by atoms with Gasteiger partial charge in [-0.25, -0.2) is 9.18 Å². The average Bonchev–Trinajstić information content (AvgIpc) is 2.82. The molecule has 0 spiro atoms. The van der Waals surface area contributed by atoms with Gasteiger partial charge in [0, 0.05) is 24.3 Å². The summed E-state index contributed by atoms with van der Waals surface area (Å²) in [5.41, 5.74) is 1.05. The highest BCUT2D eigenvalue weighted by atomic mass is 32.2. The summed E-state index contributed by atoms with van der Waals surface area (Å²) in [6, 6.07) is 15.3. The maximum absolute atomic E-state index is 13.2. The predicted octanol–water partition coefficient (Wildman–Crippen LogP) is 5.55. The molecular formula is C25H19FN2O6S. The minimum absolute atomic E-state index is 0.0234. The molecule has 0 aliphatic carbocycles. The molecule has 3 aromatic rings. The zero-order chi connectivity index (χ0) is 25.5. The second-order valence-electron chi connectivity index (χ2n) is 7.35. The van der Waals surface area contributed by atoms with Gasteiger partial charge < -0.3 is 10.4 Å². The monoisotopic (exact) mass is 494 g/mol. The number of halogens is 1. The summed E-state index contributed by atoms with van der Waals surface area (Å²) in [6.07, 6.45) is 1.48. The third kappa shape index (κ3) is 6.84. The van der Waals surface area contributed by atoms with Crippen molar-refractivity contribution < 1.29 is 28.8 Å². The Kier molecular flexibility index (Phi) is 8.11. The highest BCUT2D eigenvalue weighted by Gasteiger charge is 2.18. The molecule has 0 heterocycles. The van der Waals surface area contributed by atoms with Gasteiger partial charge in [-0.3, -0.25) is 19.7 Å². The van der Waals surface area contributed by atoms with Crippen LogP contribution in [-0.4, -0.2) is 27.7 Å². The summed E-state index contributed by atoms with van der Waals surface area (Å²) in [6.45, 7) is 1.23. The predicted molar refractivity (Wildman–Crippen MR) is 131 cm³/mol. The van der Waals surface area contributed by atoms with Crippen LogP contribution < -0.4 is 5.32 Å². The van der Waals surface area contributed by atoms with Crippen molar-refractivity contribution in [3.05, 3.63) is 110 Å². The van der Waals surface area contributed by atoms with Gasteiger partial charge in [0.1, 0.15) is 11.5 Å². The van der Waals surface area contributed by atoms with E-state index in [-0.39, 0.29) is 27.4 Å². The molecule has 2 N–H and O–H groups in total. The quantitative estimate of drug-likeness (QED) is 0.173. The summed E-state index contributed by atoms with van der Waals surface area (Å²) >= 11 is 1.15. The number of allylic oxidation sites excluding steroid dienone is 1. The van der Waals surface area contributed by atoms with Crippen LogP contribution in [0.1, 0.15) is 38.8 Å². The van der Waals surface area contributed by atoms with Crippen molar-refractivity contribution in [2.75, 3.05) is 5.32 Å². The molecule has 35 heavy (non-hydrogen) atoms. The Bertz CT molecular complexity index is 1320.